The largest absolute Gasteiger partial charge is 0.481 e. The smallest absolute Gasteiger partial charge is 0.308 e. The first-order valence-corrected chi connectivity index (χ1v) is 47.7. The van der Waals surface area contributed by atoms with Crippen LogP contribution in [0.25, 0.3) is 10.4 Å². The Morgan fingerprint density at radius 2 is 0.723 bits per heavy atom. The van der Waals surface area contributed by atoms with Gasteiger partial charge in [0.25, 0.3) is 0 Å². The van der Waals surface area contributed by atoms with E-state index in [2.05, 4.69) is 90.1 Å². The quantitative estimate of drug-likeness (QED) is 0.00725. The summed E-state index contributed by atoms with van der Waals surface area (Å²) in [6, 6.07) is -13.2. The monoisotopic (exact) mass is 2120 g/mol. The van der Waals surface area contributed by atoms with Crippen LogP contribution in [0.2, 0.25) is 0 Å². The molecule has 0 aromatic carbocycles. The summed E-state index contributed by atoms with van der Waals surface area (Å²) in [5, 5.41) is 75.7. The number of aryl methyl sites for hydroxylation is 1. The van der Waals surface area contributed by atoms with Gasteiger partial charge in [-0.05, 0) is 133 Å². The molecule has 1 aromatic rings. The molecule has 56 heteroatoms. The van der Waals surface area contributed by atoms with Crippen LogP contribution in [0, 0.1) is 24.2 Å². The molecule has 0 unspecified atom stereocenters. The van der Waals surface area contributed by atoms with Crippen LogP contribution in [0.3, 0.4) is 0 Å². The minimum atomic E-state index is -1.79. The summed E-state index contributed by atoms with van der Waals surface area (Å²) in [6.07, 6.45) is 2.21. The van der Waals surface area contributed by atoms with Crippen LogP contribution in [0.4, 0.5) is 8.78 Å². The topological polar surface area (TPSA) is 757 Å². The van der Waals surface area contributed by atoms with Gasteiger partial charge in [-0.3, -0.25) is 105 Å². The Bertz CT molecular complexity index is 4390. The molecule has 1 rings (SSSR count). The minimum absolute atomic E-state index is 0.0303. The molecule has 0 radical (unpaired) electrons. The van der Waals surface area contributed by atoms with E-state index in [0.717, 1.165) is 4.68 Å². The van der Waals surface area contributed by atoms with E-state index in [1.807, 2.05) is 0 Å². The van der Waals surface area contributed by atoms with Crippen molar-refractivity contribution in [1.82, 2.24) is 78.8 Å². The fourth-order valence-corrected chi connectivity index (χ4v) is 11.5. The number of nitrogens with one attached hydrogen (secondary N) is 12. The number of carbonyl (C=O) groups excluding carboxylic acids is 16. The molecule has 0 bridgehead atoms. The van der Waals surface area contributed by atoms with Crippen LogP contribution in [0.15, 0.2) is 11.3 Å². The lowest BCUT2D eigenvalue weighted by atomic mass is 10.0. The number of nitrogens with zero attached hydrogens (tertiary/aromatic N) is 6. The maximum atomic E-state index is 14.1. The molecule has 840 valence electrons. The number of aromatic nitrogens is 3. The van der Waals surface area contributed by atoms with Gasteiger partial charge in [0.1, 0.15) is 83.8 Å². The first-order chi connectivity index (χ1) is 69.3. The highest BCUT2D eigenvalue weighted by Crippen LogP contribution is 2.17. The summed E-state index contributed by atoms with van der Waals surface area (Å²) in [7, 11) is 0. The third-order valence-corrected chi connectivity index (χ3v) is 18.1. The van der Waals surface area contributed by atoms with Crippen molar-refractivity contribution in [3.63, 3.8) is 0 Å². The molecule has 1 heterocycles. The molecule has 0 saturated carbocycles. The number of carbonyl (C=O) groups is 20. The highest BCUT2D eigenvalue weighted by molar-refractivity contribution is 6.00. The van der Waals surface area contributed by atoms with Crippen LogP contribution in [-0.4, -0.2) is 377 Å². The number of carboxylic acid groups (broad SMARTS) is 4. The zero-order valence-electron chi connectivity index (χ0n) is 87.1. The third kappa shape index (κ3) is 75.6. The zero-order valence-corrected chi connectivity index (χ0v) is 87.1. The molecule has 0 aliphatic heterocycles. The second-order valence-corrected chi connectivity index (χ2v) is 36.9. The van der Waals surface area contributed by atoms with E-state index >= 15 is 0 Å². The van der Waals surface area contributed by atoms with Crippen LogP contribution in [0.1, 0.15) is 200 Å². The molecule has 0 spiro atoms. The number of aliphatic carboxylic acids is 4. The number of halogens is 2. The Labute approximate surface area is 857 Å². The van der Waals surface area contributed by atoms with Crippen molar-refractivity contribution >= 4 is 119 Å². The lowest BCUT2D eigenvalue weighted by Crippen LogP contribution is -2.60. The molecule has 0 aliphatic rings. The van der Waals surface area contributed by atoms with Gasteiger partial charge >= 0.3 is 47.8 Å². The highest BCUT2D eigenvalue weighted by Gasteiger charge is 2.39. The predicted molar refractivity (Wildman–Crippen MR) is 516 cm³/mol. The number of azide groups is 1. The van der Waals surface area contributed by atoms with Crippen molar-refractivity contribution in [3.8, 4) is 12.3 Å². The highest BCUT2D eigenvalue weighted by atomic mass is 19.1. The number of amides is 12. The Kier molecular flexibility index (Phi) is 71.6. The maximum Gasteiger partial charge on any atom is 0.308 e. The van der Waals surface area contributed by atoms with Gasteiger partial charge < -0.3 is 141 Å². The van der Waals surface area contributed by atoms with Gasteiger partial charge in [0.15, 0.2) is 0 Å². The van der Waals surface area contributed by atoms with Crippen molar-refractivity contribution in [2.45, 2.75) is 278 Å². The summed E-state index contributed by atoms with van der Waals surface area (Å²) in [6.45, 7) is 26.1. The van der Waals surface area contributed by atoms with E-state index in [0.29, 0.717) is 45.0 Å². The number of unbranched alkanes of at least 4 members (excludes halogenated alkanes) is 1. The molecule has 0 saturated heterocycles. The van der Waals surface area contributed by atoms with E-state index in [1.54, 1.807) is 96.9 Å². The molecule has 0 aliphatic carbocycles. The van der Waals surface area contributed by atoms with E-state index < -0.39 is 279 Å². The molecule has 0 fully saturated rings. The number of esters is 4. The third-order valence-electron chi connectivity index (χ3n) is 18.1. The van der Waals surface area contributed by atoms with Crippen LogP contribution in [-0.2, 0) is 166 Å². The van der Waals surface area contributed by atoms with E-state index in [9.17, 15) is 120 Å². The van der Waals surface area contributed by atoms with Crippen molar-refractivity contribution in [2.24, 2.45) is 17.0 Å². The van der Waals surface area contributed by atoms with Gasteiger partial charge in [0.2, 0.25) is 70.9 Å². The van der Waals surface area contributed by atoms with Gasteiger partial charge in [-0.25, -0.2) is 4.68 Å². The first kappa shape index (κ1) is 137. The number of rotatable bonds is 75. The van der Waals surface area contributed by atoms with Gasteiger partial charge in [-0.15, -0.1) is 17.4 Å². The van der Waals surface area contributed by atoms with Crippen LogP contribution < -0.4 is 63.8 Å². The van der Waals surface area contributed by atoms with Crippen LogP contribution >= 0.6 is 0 Å². The van der Waals surface area contributed by atoms with Crippen molar-refractivity contribution in [3.05, 3.63) is 22.3 Å². The molecular formula is C92H152F2N18O36. The molecule has 148 heavy (non-hydrogen) atoms. The number of alkyl halides is 2. The average Bonchev–Trinajstić information content (AvgIpc) is 0.892. The molecule has 54 nitrogen and oxygen atoms in total. The number of hydrogen-bond donors (Lipinski definition) is 16. The summed E-state index contributed by atoms with van der Waals surface area (Å²) in [5.41, 5.74) is 5.61. The van der Waals surface area contributed by atoms with E-state index in [-0.39, 0.29) is 131 Å². The minimum Gasteiger partial charge on any atom is -0.481 e. The van der Waals surface area contributed by atoms with Crippen LogP contribution in [0.5, 0.6) is 0 Å². The van der Waals surface area contributed by atoms with Crippen molar-refractivity contribution in [1.29, 1.82) is 0 Å². The SMILES string of the molecule is C#CCCCF.CC(C)[C@H](NC(=O)[C@H](CCC(=O)O)NC(=O)[C@H](CC(=O)O)NC(=O)Cn1cc(CCCF)nn1)C(=O)N[C@@H](CC(=O)O)C(=O)NCC(=O)NCCOCCOCCOCCOCCC(=O)O.CC(C)[C@H](NC(=O)[C@H](CCC(=O)OC(C)(C)C)NC(=O)[C@H](CC(=O)OC(C)(C)C)NC(=O)CN=[N+]=[N-])C(=O)N[C@@H](CC(=O)OC(C)(C)C)C(=O)NCC(=O)NCCOCCOCCOCCOCCC(=O)OC(C)(C)C. The Morgan fingerprint density at radius 1 is 0.392 bits per heavy atom. The summed E-state index contributed by atoms with van der Waals surface area (Å²) in [4.78, 5) is 257. The number of hydrogen-bond acceptors (Lipinski definition) is 35. The Morgan fingerprint density at radius 3 is 1.08 bits per heavy atom. The summed E-state index contributed by atoms with van der Waals surface area (Å²) >= 11 is 0. The second-order valence-electron chi connectivity index (χ2n) is 36.9. The maximum absolute atomic E-state index is 14.1. The van der Waals surface area contributed by atoms with Gasteiger partial charge in [0, 0.05) is 43.5 Å². The summed E-state index contributed by atoms with van der Waals surface area (Å²) in [5.74, 6) is -19.1. The van der Waals surface area contributed by atoms with Gasteiger partial charge in [-0.1, -0.05) is 38.0 Å². The molecule has 12 amide bonds. The fourth-order valence-electron chi connectivity index (χ4n) is 11.5. The standard InChI is InChI=1S/C49H85N9O18.C38H60FN9O18.C5H7F/c1-31(2)41(57-43(66)32(15-16-37(61)73-46(3,4)5)55-44(67)34(54-36(60)30-53-58-50)28-40(64)76-49(12,13)14)45(68)56-33(27-39(63)75-48(9,10)11)42(65)52-29-35(59)51-18-20-70-22-24-72-26-25-71-23-21-69-19-17-38(62)74-47(6,7)8;1-23(2)34(45-36(60)25(5-6-30(51)52)43-37(61)27(19-33(57)58)42-29(50)22-48-21-24(46-47-48)4-3-8-39)38(62)44-26(18-32(55)56)35(59)41-20-28(49)40-9-11-64-13-15-66-17-16-65-14-12-63-10-7-31(53)54;1-2-3-4-5-6/h31-34,41H,15-30H2,1-14H3,(H,51,59)(H,52,65)(H,54,60)(H,55,67)(H,56,68)(H,57,66);21,23,25-27,34H,3-20,22H2,1-2H3,(H,40,49)(H,41,59)(H,42,50)(H,43,61)(H,44,62)(H,45,60)(H,51,52)(H,53,54)(H,55,56)(H,57,58);1H,3-5H2/t32-,33-,34-,41-;25-,26-,27-,34-;/m00./s1. The first-order valence-electron chi connectivity index (χ1n) is 47.7. The molecule has 16 N–H and O–H groups in total. The lowest BCUT2D eigenvalue weighted by molar-refractivity contribution is -0.157. The van der Waals surface area contributed by atoms with E-state index in [1.165, 1.54) is 20.0 Å². The van der Waals surface area contributed by atoms with Gasteiger partial charge in [-0.2, -0.15) is 0 Å². The number of carboxylic acids is 4. The zero-order chi connectivity index (χ0) is 113. The second kappa shape index (κ2) is 77.4. The normalized spacial score (nSPS) is 12.8. The average molecular weight is 2120 g/mol. The molecule has 8 atom stereocenters. The lowest BCUT2D eigenvalue weighted by Gasteiger charge is -2.28. The van der Waals surface area contributed by atoms with Gasteiger partial charge in [0.05, 0.1) is 176 Å². The fraction of sp³-hybridized carbons (Fsp3) is 0.739. The number of ether oxygens (including phenoxy) is 12. The van der Waals surface area contributed by atoms with Crippen molar-refractivity contribution < 1.29 is 182 Å². The van der Waals surface area contributed by atoms with E-state index in [4.69, 9.17) is 73.9 Å². The Hall–Kier alpha value is -13.0. The van der Waals surface area contributed by atoms with Crippen molar-refractivity contribution in [2.75, 3.05) is 152 Å². The summed E-state index contributed by atoms with van der Waals surface area (Å²) < 4.78 is 88.7. The predicted octanol–water partition coefficient (Wildman–Crippen LogP) is -0.760. The number of terminal acetylenes is 1. The molecule has 1 aromatic heterocycles. The molecular weight excluding hydrogens is 1970 g/mol. The Balaban J connectivity index is 0.